The van der Waals surface area contributed by atoms with Gasteiger partial charge in [-0.2, -0.15) is 0 Å². The SMILES string of the molecule is CC(C)C[C@H](NC(=O)[C@H](CCCNC(=N)N[N+](=O)[O-])NC(=O)c1ccc(C(C)(C)C)cc1)B1O[C@@H]2C[C@@H]3C[C@@H](C3(C)C)[C@]2(C)O1. The van der Waals surface area contributed by atoms with Crippen LogP contribution >= 0.6 is 0 Å². The third-order valence-corrected chi connectivity index (χ3v) is 10.2. The smallest absolute Gasteiger partial charge is 0.404 e. The highest BCUT2D eigenvalue weighted by molar-refractivity contribution is 6.48. The lowest BCUT2D eigenvalue weighted by atomic mass is 9.43. The maximum atomic E-state index is 13.9. The van der Waals surface area contributed by atoms with E-state index in [2.05, 4.69) is 71.3 Å². The molecule has 4 aliphatic rings. The van der Waals surface area contributed by atoms with Crippen molar-refractivity contribution < 1.29 is 23.9 Å². The number of nitro groups is 1. The van der Waals surface area contributed by atoms with Gasteiger partial charge in [0.05, 0.1) is 17.6 Å². The fraction of sp³-hybridized carbons (Fsp3) is 0.719. The predicted octanol–water partition coefficient (Wildman–Crippen LogP) is 3.97. The summed E-state index contributed by atoms with van der Waals surface area (Å²) in [6.45, 7) is 17.4. The van der Waals surface area contributed by atoms with Gasteiger partial charge in [0.2, 0.25) is 5.91 Å². The molecule has 4 fully saturated rings. The summed E-state index contributed by atoms with van der Waals surface area (Å²) in [6, 6.07) is 6.46. The number of amides is 2. The summed E-state index contributed by atoms with van der Waals surface area (Å²) in [5.41, 5.74) is 3.00. The molecule has 13 heteroatoms. The summed E-state index contributed by atoms with van der Waals surface area (Å²) < 4.78 is 13.2. The van der Waals surface area contributed by atoms with Gasteiger partial charge in [0.25, 0.3) is 11.9 Å². The number of carbonyl (C=O) groups excluding carboxylic acids is 2. The fourth-order valence-electron chi connectivity index (χ4n) is 7.38. The Balaban J connectivity index is 1.47. The second-order valence-corrected chi connectivity index (χ2v) is 15.2. The zero-order valence-corrected chi connectivity index (χ0v) is 28.0. The fourth-order valence-corrected chi connectivity index (χ4v) is 7.38. The second-order valence-electron chi connectivity index (χ2n) is 15.2. The van der Waals surface area contributed by atoms with Crippen LogP contribution < -0.4 is 21.4 Å². The minimum absolute atomic E-state index is 0.0217. The van der Waals surface area contributed by atoms with Gasteiger partial charge in [0.15, 0.2) is 5.03 Å². The molecule has 3 saturated carbocycles. The minimum atomic E-state index is -0.889. The van der Waals surface area contributed by atoms with Crippen molar-refractivity contribution in [2.24, 2.45) is 23.2 Å². The monoisotopic (exact) mass is 626 g/mol. The molecule has 1 heterocycles. The van der Waals surface area contributed by atoms with E-state index in [9.17, 15) is 19.7 Å². The summed E-state index contributed by atoms with van der Waals surface area (Å²) in [4.78, 5) is 37.8. The third-order valence-electron chi connectivity index (χ3n) is 10.2. The molecule has 1 aromatic carbocycles. The van der Waals surface area contributed by atoms with Gasteiger partial charge in [0.1, 0.15) is 6.04 Å². The average molecular weight is 627 g/mol. The average Bonchev–Trinajstić information content (AvgIpc) is 3.30. The van der Waals surface area contributed by atoms with Crippen molar-refractivity contribution in [3.05, 3.63) is 45.5 Å². The van der Waals surface area contributed by atoms with Crippen molar-refractivity contribution in [1.29, 1.82) is 5.41 Å². The van der Waals surface area contributed by atoms with E-state index < -0.39 is 35.7 Å². The Bertz CT molecular complexity index is 1270. The van der Waals surface area contributed by atoms with Crippen LogP contribution in [-0.2, 0) is 19.5 Å². The zero-order valence-electron chi connectivity index (χ0n) is 28.0. The molecule has 0 unspecified atom stereocenters. The van der Waals surface area contributed by atoms with E-state index in [1.807, 2.05) is 12.1 Å². The Morgan fingerprint density at radius 3 is 2.38 bits per heavy atom. The first-order valence-corrected chi connectivity index (χ1v) is 16.2. The van der Waals surface area contributed by atoms with Crippen LogP contribution in [0.2, 0.25) is 0 Å². The van der Waals surface area contributed by atoms with E-state index in [0.29, 0.717) is 30.2 Å². The molecule has 5 N–H and O–H groups in total. The lowest BCUT2D eigenvalue weighted by Gasteiger charge is -2.64. The first kappa shape index (κ1) is 34.7. The first-order chi connectivity index (χ1) is 20.9. The number of hydrogen-bond acceptors (Lipinski definition) is 7. The topological polar surface area (TPSA) is 168 Å². The number of nitrogens with one attached hydrogen (secondary N) is 5. The Morgan fingerprint density at radius 1 is 1.13 bits per heavy atom. The highest BCUT2D eigenvalue weighted by Crippen LogP contribution is 2.65. The number of rotatable bonds is 12. The molecule has 2 amide bonds. The number of hydrogen-bond donors (Lipinski definition) is 5. The summed E-state index contributed by atoms with van der Waals surface area (Å²) in [6.07, 6.45) is 3.30. The number of nitrogens with zero attached hydrogens (tertiary/aromatic N) is 1. The molecular formula is C32H51BN6O6. The highest BCUT2D eigenvalue weighted by Gasteiger charge is 2.68. The second kappa shape index (κ2) is 13.3. The summed E-state index contributed by atoms with van der Waals surface area (Å²) in [5, 5.41) is 26.1. The lowest BCUT2D eigenvalue weighted by molar-refractivity contribution is -0.525. The Morgan fingerprint density at radius 2 is 1.80 bits per heavy atom. The molecule has 0 radical (unpaired) electrons. The Kier molecular flexibility index (Phi) is 10.2. The summed E-state index contributed by atoms with van der Waals surface area (Å²) >= 11 is 0. The minimum Gasteiger partial charge on any atom is -0.404 e. The van der Waals surface area contributed by atoms with E-state index in [1.165, 1.54) is 0 Å². The van der Waals surface area contributed by atoms with Crippen LogP contribution in [0.4, 0.5) is 0 Å². The maximum Gasteiger partial charge on any atom is 0.481 e. The van der Waals surface area contributed by atoms with Crippen molar-refractivity contribution in [2.45, 2.75) is 117 Å². The van der Waals surface area contributed by atoms with E-state index >= 15 is 0 Å². The zero-order chi connectivity index (χ0) is 33.3. The van der Waals surface area contributed by atoms with E-state index in [1.54, 1.807) is 17.6 Å². The molecule has 1 aromatic rings. The summed E-state index contributed by atoms with van der Waals surface area (Å²) in [5.74, 6) is -0.345. The van der Waals surface area contributed by atoms with E-state index in [-0.39, 0.29) is 47.6 Å². The predicted molar refractivity (Wildman–Crippen MR) is 173 cm³/mol. The van der Waals surface area contributed by atoms with Gasteiger partial charge >= 0.3 is 7.12 Å². The molecule has 12 nitrogen and oxygen atoms in total. The molecule has 3 aliphatic carbocycles. The van der Waals surface area contributed by atoms with Crippen molar-refractivity contribution in [3.63, 3.8) is 0 Å². The highest BCUT2D eigenvalue weighted by atomic mass is 16.7. The van der Waals surface area contributed by atoms with Gasteiger partial charge < -0.3 is 25.3 Å². The molecule has 0 spiro atoms. The van der Waals surface area contributed by atoms with E-state index in [0.717, 1.165) is 18.4 Å². The van der Waals surface area contributed by atoms with Crippen LogP contribution in [-0.4, -0.2) is 60.2 Å². The van der Waals surface area contributed by atoms with Gasteiger partial charge in [-0.15, -0.1) is 0 Å². The van der Waals surface area contributed by atoms with Crippen LogP contribution in [0, 0.1) is 38.7 Å². The molecule has 45 heavy (non-hydrogen) atoms. The van der Waals surface area contributed by atoms with Crippen LogP contribution in [0.5, 0.6) is 0 Å². The van der Waals surface area contributed by atoms with Crippen molar-refractivity contribution >= 4 is 24.9 Å². The standard InChI is InChI=1S/C32H51BN6O6/c1-19(2)16-26(33-44-25-18-22-17-24(31(22,6)7)32(25,8)45-33)37-28(41)23(10-9-15-35-29(34)38-39(42)43)36-27(40)20-11-13-21(14-12-20)30(3,4)5/h11-14,19,22-26H,9-10,15-18H2,1-8H3,(H,36,40)(H,37,41)(H3,34,35,38)/t22-,23-,24-,25+,26-,32-/m0/s1. The Hall–Kier alpha value is -3.19. The van der Waals surface area contributed by atoms with Crippen molar-refractivity contribution in [1.82, 2.24) is 21.4 Å². The molecule has 1 saturated heterocycles. The van der Waals surface area contributed by atoms with E-state index in [4.69, 9.17) is 14.7 Å². The van der Waals surface area contributed by atoms with Crippen LogP contribution in [0.25, 0.3) is 0 Å². The largest absolute Gasteiger partial charge is 0.481 e. The molecule has 2 bridgehead atoms. The van der Waals surface area contributed by atoms with Crippen LogP contribution in [0.15, 0.2) is 24.3 Å². The number of carbonyl (C=O) groups is 2. The van der Waals surface area contributed by atoms with Gasteiger partial charge in [-0.25, -0.2) is 10.1 Å². The first-order valence-electron chi connectivity index (χ1n) is 16.2. The normalized spacial score (nSPS) is 26.2. The van der Waals surface area contributed by atoms with Crippen LogP contribution in [0.1, 0.15) is 103 Å². The van der Waals surface area contributed by atoms with Gasteiger partial charge in [-0.1, -0.05) is 66.0 Å². The molecule has 5 rings (SSSR count). The molecule has 248 valence electrons. The quantitative estimate of drug-likeness (QED) is 0.0580. The molecular weight excluding hydrogens is 575 g/mol. The molecule has 0 aromatic heterocycles. The Labute approximate surface area is 267 Å². The number of guanidine groups is 1. The maximum absolute atomic E-state index is 13.9. The van der Waals surface area contributed by atoms with Gasteiger partial charge in [-0.3, -0.25) is 15.0 Å². The molecule has 1 aliphatic heterocycles. The van der Waals surface area contributed by atoms with Crippen molar-refractivity contribution in [3.8, 4) is 0 Å². The molecule has 6 atom stereocenters. The van der Waals surface area contributed by atoms with Gasteiger partial charge in [0, 0.05) is 12.1 Å². The van der Waals surface area contributed by atoms with Crippen LogP contribution in [0.3, 0.4) is 0 Å². The lowest BCUT2D eigenvalue weighted by Crippen LogP contribution is -2.65. The van der Waals surface area contributed by atoms with Gasteiger partial charge in [-0.05, 0) is 85.3 Å². The number of benzene rings is 1. The third kappa shape index (κ3) is 7.80. The van der Waals surface area contributed by atoms with Crippen molar-refractivity contribution in [2.75, 3.05) is 6.54 Å². The summed E-state index contributed by atoms with van der Waals surface area (Å²) in [7, 11) is -0.599. The number of hydrazine groups is 1.